The monoisotopic (exact) mass is 1030 g/mol. The van der Waals surface area contributed by atoms with E-state index in [4.69, 9.17) is 14.7 Å². The molecule has 1 aliphatic rings. The molecular formula is C35H36N10O17S5. The molecule has 0 spiro atoms. The lowest BCUT2D eigenvalue weighted by molar-refractivity contribution is -0.432. The van der Waals surface area contributed by atoms with E-state index < -0.39 is 62.2 Å². The zero-order valence-corrected chi connectivity index (χ0v) is 37.9. The highest BCUT2D eigenvalue weighted by atomic mass is 32.2. The summed E-state index contributed by atoms with van der Waals surface area (Å²) in [7, 11) is -17.8. The van der Waals surface area contributed by atoms with E-state index in [-0.39, 0.29) is 90.4 Å². The molecular weight excluding hydrogens is 993 g/mol. The minimum atomic E-state index is -4.59. The Hall–Kier alpha value is -6.04. The Labute approximate surface area is 385 Å². The topological polar surface area (TPSA) is 390 Å². The van der Waals surface area contributed by atoms with Crippen LogP contribution in [-0.2, 0) is 49.8 Å². The molecule has 32 heteroatoms. The van der Waals surface area contributed by atoms with Crippen molar-refractivity contribution in [2.45, 2.75) is 28.0 Å². The minimum Gasteiger partial charge on any atom is -0.491 e. The van der Waals surface area contributed by atoms with Crippen molar-refractivity contribution >= 4 is 104 Å². The molecule has 7 N–H and O–H groups in total. The first-order chi connectivity index (χ1) is 31.6. The van der Waals surface area contributed by atoms with Crippen LogP contribution in [0.3, 0.4) is 0 Å². The van der Waals surface area contributed by atoms with Crippen LogP contribution >= 0.6 is 12.0 Å². The van der Waals surface area contributed by atoms with Gasteiger partial charge in [-0.25, -0.2) is 5.26 Å². The Bertz CT molecular complexity index is 3110. The Balaban J connectivity index is 1.33. The fraction of sp³-hybridized carbons (Fsp3) is 0.229. The number of nitrogens with zero attached hydrogens (tertiary/aromatic N) is 8. The number of aromatic nitrogens is 3. The summed E-state index contributed by atoms with van der Waals surface area (Å²) < 4.78 is 147. The van der Waals surface area contributed by atoms with Gasteiger partial charge < -0.3 is 25.0 Å². The molecule has 1 unspecified atom stereocenters. The molecule has 1 aliphatic heterocycles. The molecule has 2 heterocycles. The summed E-state index contributed by atoms with van der Waals surface area (Å²) in [5.41, 5.74) is 1.07. The van der Waals surface area contributed by atoms with Crippen LogP contribution in [0.4, 0.5) is 52.0 Å². The molecule has 358 valence electrons. The van der Waals surface area contributed by atoms with Crippen molar-refractivity contribution in [3.63, 3.8) is 0 Å². The van der Waals surface area contributed by atoms with Gasteiger partial charge in [-0.2, -0.15) is 69.1 Å². The highest BCUT2D eigenvalue weighted by Gasteiger charge is 2.46. The van der Waals surface area contributed by atoms with Gasteiger partial charge in [0.15, 0.2) is 5.37 Å². The van der Waals surface area contributed by atoms with Gasteiger partial charge in [0.25, 0.3) is 40.5 Å². The average Bonchev–Trinajstić information content (AvgIpc) is 4.08. The van der Waals surface area contributed by atoms with E-state index in [1.807, 2.05) is 0 Å². The SMILES string of the molecule is O=S(=O)(O)CCCOc1cc(N=Nc2cccc(SOOO)c2)ccc1Nc1nc(Nc2ccc(N=Nc3cccc(S(=O)(=O)O)c3)cc2OCCCS(=O)(=O)O)nc(N2CC2S(=O)(=O)O)n1. The molecule has 1 aromatic heterocycles. The average molecular weight is 1030 g/mol. The molecule has 1 fully saturated rings. The van der Waals surface area contributed by atoms with Crippen LogP contribution in [0.25, 0.3) is 0 Å². The Kier molecular flexibility index (Phi) is 16.3. The van der Waals surface area contributed by atoms with Crippen molar-refractivity contribution in [3.8, 4) is 11.5 Å². The normalized spacial score (nSPS) is 14.4. The molecule has 67 heavy (non-hydrogen) atoms. The molecule has 0 radical (unpaired) electrons. The van der Waals surface area contributed by atoms with Crippen LogP contribution in [-0.4, -0.2) is 109 Å². The van der Waals surface area contributed by atoms with E-state index in [9.17, 15) is 51.9 Å². The van der Waals surface area contributed by atoms with Crippen molar-refractivity contribution < 1.29 is 76.0 Å². The lowest BCUT2D eigenvalue weighted by Crippen LogP contribution is -2.15. The summed E-state index contributed by atoms with van der Waals surface area (Å²) in [5.74, 6) is -1.93. The Morgan fingerprint density at radius 2 is 1.13 bits per heavy atom. The van der Waals surface area contributed by atoms with E-state index in [0.29, 0.717) is 22.6 Å². The lowest BCUT2D eigenvalue weighted by Gasteiger charge is -2.16. The molecule has 0 saturated carbocycles. The van der Waals surface area contributed by atoms with Crippen LogP contribution in [0.2, 0.25) is 0 Å². The van der Waals surface area contributed by atoms with Gasteiger partial charge >= 0.3 is 0 Å². The van der Waals surface area contributed by atoms with Gasteiger partial charge in [0.05, 0.1) is 82.3 Å². The first-order valence-electron chi connectivity index (χ1n) is 18.7. The molecule has 27 nitrogen and oxygen atoms in total. The smallest absolute Gasteiger partial charge is 0.294 e. The predicted molar refractivity (Wildman–Crippen MR) is 237 cm³/mol. The van der Waals surface area contributed by atoms with E-state index in [1.54, 1.807) is 24.3 Å². The summed E-state index contributed by atoms with van der Waals surface area (Å²) in [6, 6.07) is 20.1. The number of anilines is 5. The summed E-state index contributed by atoms with van der Waals surface area (Å²) in [6.07, 6.45) is -0.294. The maximum Gasteiger partial charge on any atom is 0.294 e. The zero-order valence-electron chi connectivity index (χ0n) is 33.9. The van der Waals surface area contributed by atoms with Gasteiger partial charge in [-0.05, 0) is 73.5 Å². The molecule has 6 rings (SSSR count). The van der Waals surface area contributed by atoms with Gasteiger partial charge in [0.2, 0.25) is 17.8 Å². The minimum absolute atomic E-state index is 0.000749. The summed E-state index contributed by atoms with van der Waals surface area (Å²) >= 11 is 0.703. The van der Waals surface area contributed by atoms with Crippen LogP contribution in [0.5, 0.6) is 11.5 Å². The largest absolute Gasteiger partial charge is 0.491 e. The second-order valence-corrected chi connectivity index (χ2v) is 20.5. The number of hydrogen-bond acceptors (Lipinski definition) is 24. The summed E-state index contributed by atoms with van der Waals surface area (Å²) in [4.78, 5) is 14.3. The second-order valence-electron chi connectivity index (χ2n) is 13.6. The molecule has 0 bridgehead atoms. The molecule has 0 aliphatic carbocycles. The summed E-state index contributed by atoms with van der Waals surface area (Å²) in [6.45, 7) is -0.685. The van der Waals surface area contributed by atoms with Crippen LogP contribution in [0, 0.1) is 0 Å². The van der Waals surface area contributed by atoms with Crippen LogP contribution < -0.4 is 25.0 Å². The number of rotatable bonds is 24. The van der Waals surface area contributed by atoms with Crippen molar-refractivity contribution in [1.82, 2.24) is 15.0 Å². The highest BCUT2D eigenvalue weighted by molar-refractivity contribution is 7.94. The molecule has 1 saturated heterocycles. The Morgan fingerprint density at radius 1 is 0.642 bits per heavy atom. The van der Waals surface area contributed by atoms with Crippen molar-refractivity contribution in [2.75, 3.05) is 46.8 Å². The lowest BCUT2D eigenvalue weighted by atomic mass is 10.2. The predicted octanol–water partition coefficient (Wildman–Crippen LogP) is 6.21. The van der Waals surface area contributed by atoms with E-state index in [0.717, 1.165) is 17.0 Å². The van der Waals surface area contributed by atoms with Crippen molar-refractivity contribution in [2.24, 2.45) is 20.5 Å². The van der Waals surface area contributed by atoms with Gasteiger partial charge in [0, 0.05) is 17.0 Å². The fourth-order valence-corrected chi connectivity index (χ4v) is 8.12. The molecule has 1 atom stereocenters. The van der Waals surface area contributed by atoms with Gasteiger partial charge in [0.1, 0.15) is 11.5 Å². The maximum absolute atomic E-state index is 12.0. The van der Waals surface area contributed by atoms with Crippen LogP contribution in [0.1, 0.15) is 12.8 Å². The van der Waals surface area contributed by atoms with E-state index >= 15 is 0 Å². The molecule has 0 amide bonds. The molecule has 5 aromatic rings. The number of ether oxygens (including phenoxy) is 2. The van der Waals surface area contributed by atoms with Crippen molar-refractivity contribution in [3.05, 3.63) is 84.9 Å². The quantitative estimate of drug-likeness (QED) is 0.00686. The molecule has 4 aromatic carbocycles. The highest BCUT2D eigenvalue weighted by Crippen LogP contribution is 2.37. The third kappa shape index (κ3) is 16.1. The van der Waals surface area contributed by atoms with Gasteiger partial charge in [-0.1, -0.05) is 17.2 Å². The third-order valence-corrected chi connectivity index (χ3v) is 12.6. The van der Waals surface area contributed by atoms with E-state index in [1.165, 1.54) is 48.5 Å². The zero-order chi connectivity index (χ0) is 48.4. The van der Waals surface area contributed by atoms with Gasteiger partial charge in [-0.15, -0.1) is 4.33 Å². The number of hydrogen-bond donors (Lipinski definition) is 7. The number of benzene rings is 4. The number of nitrogens with one attached hydrogen (secondary N) is 2. The first kappa shape index (κ1) is 50.4. The number of azo groups is 2. The van der Waals surface area contributed by atoms with Gasteiger partial charge in [-0.3, -0.25) is 18.2 Å². The van der Waals surface area contributed by atoms with Crippen molar-refractivity contribution in [1.29, 1.82) is 0 Å². The third-order valence-electron chi connectivity index (χ3n) is 8.48. The second kappa shape index (κ2) is 21.7. The first-order valence-corrected chi connectivity index (χ1v) is 25.7. The summed E-state index contributed by atoms with van der Waals surface area (Å²) in [5, 5.41) is 33.0. The maximum atomic E-state index is 12.0. The van der Waals surface area contributed by atoms with E-state index in [2.05, 4.69) is 55.4 Å². The standard InChI is InChI=1S/C35H36N10O17S5/c46-61-62-63-26-7-1-5-22(17-26)41-43-24-9-11-28(30(19-24)59-13-3-15-64(47,48)49)36-33-38-34(40-35(39-33)45-21-32(45)67(56,57)58)37-29-12-10-25(20-31(29)60-14-4-16-65(50,51)52)44-42-23-6-2-8-27(18-23)66(53,54)55/h1-2,5-12,17-20,32,46H,3-4,13-16,21H2,(H,47,48,49)(H,50,51,52)(H,53,54,55)(H,56,57,58)(H2,36,37,38,39,40). The Morgan fingerprint density at radius 3 is 1.60 bits per heavy atom. The fourth-order valence-electron chi connectivity index (χ4n) is 5.46. The van der Waals surface area contributed by atoms with Crippen LogP contribution in [0.15, 0.2) is 115 Å².